The second-order valence-corrected chi connectivity index (χ2v) is 10.3. The van der Waals surface area contributed by atoms with Gasteiger partial charge in [0.1, 0.15) is 12.4 Å². The van der Waals surface area contributed by atoms with Gasteiger partial charge < -0.3 is 14.5 Å². The molecule has 2 amide bonds. The Hall–Kier alpha value is -2.83. The largest absolute Gasteiger partial charge is 0.491 e. The average molecular weight is 511 g/mol. The van der Waals surface area contributed by atoms with Crippen LogP contribution >= 0.6 is 22.9 Å². The highest BCUT2D eigenvalue weighted by molar-refractivity contribution is 7.10. The van der Waals surface area contributed by atoms with Crippen LogP contribution in [0.3, 0.4) is 0 Å². The highest BCUT2D eigenvalue weighted by atomic mass is 35.5. The van der Waals surface area contributed by atoms with Crippen LogP contribution in [0.25, 0.3) is 0 Å². The van der Waals surface area contributed by atoms with Crippen LogP contribution < -0.4 is 4.74 Å². The summed E-state index contributed by atoms with van der Waals surface area (Å²) in [6.07, 6.45) is 1.91. The Morgan fingerprint density at radius 1 is 1.17 bits per heavy atom. The summed E-state index contributed by atoms with van der Waals surface area (Å²) in [4.78, 5) is 31.5. The number of rotatable bonds is 9. The highest BCUT2D eigenvalue weighted by Crippen LogP contribution is 2.34. The average Bonchev–Trinajstić information content (AvgIpc) is 3.34. The molecule has 0 bridgehead atoms. The van der Waals surface area contributed by atoms with Crippen LogP contribution in [0.15, 0.2) is 60.0 Å². The van der Waals surface area contributed by atoms with Crippen LogP contribution in [0.4, 0.5) is 0 Å². The third-order valence-electron chi connectivity index (χ3n) is 6.32. The van der Waals surface area contributed by atoms with Gasteiger partial charge in [0.15, 0.2) is 0 Å². The molecule has 1 atom stereocenters. The molecule has 1 aliphatic heterocycles. The fourth-order valence-electron chi connectivity index (χ4n) is 4.45. The Labute approximate surface area is 216 Å². The van der Waals surface area contributed by atoms with Crippen molar-refractivity contribution in [2.24, 2.45) is 0 Å². The number of hydrogen-bond donors (Lipinski definition) is 0. The van der Waals surface area contributed by atoms with Crippen LogP contribution in [-0.4, -0.2) is 47.9 Å². The van der Waals surface area contributed by atoms with E-state index in [0.29, 0.717) is 31.1 Å². The van der Waals surface area contributed by atoms with Crippen molar-refractivity contribution in [1.82, 2.24) is 9.80 Å². The molecule has 0 saturated heterocycles. The first-order valence-electron chi connectivity index (χ1n) is 12.0. The van der Waals surface area contributed by atoms with E-state index in [4.69, 9.17) is 16.3 Å². The van der Waals surface area contributed by atoms with Crippen molar-refractivity contribution in [3.8, 4) is 5.75 Å². The number of aryl methyl sites for hydroxylation is 1. The molecule has 35 heavy (non-hydrogen) atoms. The van der Waals surface area contributed by atoms with Crippen molar-refractivity contribution < 1.29 is 14.3 Å². The predicted octanol–water partition coefficient (Wildman–Crippen LogP) is 5.70. The molecule has 3 aromatic rings. The third-order valence-corrected chi connectivity index (χ3v) is 7.74. The fraction of sp³-hybridized carbons (Fsp3) is 0.357. The predicted molar refractivity (Wildman–Crippen MR) is 141 cm³/mol. The van der Waals surface area contributed by atoms with Crippen molar-refractivity contribution in [3.63, 3.8) is 0 Å². The minimum atomic E-state index is -0.193. The van der Waals surface area contributed by atoms with Crippen molar-refractivity contribution in [2.75, 3.05) is 26.2 Å². The molecular formula is C28H31ClN2O3S. The molecule has 7 heteroatoms. The molecule has 1 aromatic heterocycles. The maximum absolute atomic E-state index is 13.6. The van der Waals surface area contributed by atoms with Gasteiger partial charge in [-0.05, 0) is 66.1 Å². The number of carbonyl (C=O) groups excluding carboxylic acids is 2. The maximum atomic E-state index is 13.6. The van der Waals surface area contributed by atoms with Crippen molar-refractivity contribution >= 4 is 34.8 Å². The number of halogens is 1. The molecule has 0 fully saturated rings. The summed E-state index contributed by atoms with van der Waals surface area (Å²) >= 11 is 7.88. The molecule has 0 radical (unpaired) electrons. The van der Waals surface area contributed by atoms with Crippen LogP contribution in [0, 0.1) is 6.92 Å². The van der Waals surface area contributed by atoms with E-state index in [0.717, 1.165) is 35.3 Å². The van der Waals surface area contributed by atoms with Crippen LogP contribution in [-0.2, 0) is 22.4 Å². The standard InChI is InChI=1S/C28H31ClN2O3S/c1-3-13-30(27(32)17-21-7-5-4-6-8-21)18-28(33)31-14-11-26-23(12-15-35-26)25(31)19-34-22-9-10-24(29)20(2)16-22/h4-10,12,15-16,25H,3,11,13-14,17-19H2,1-2H3. The van der Waals surface area contributed by atoms with Gasteiger partial charge in [-0.25, -0.2) is 0 Å². The number of ether oxygens (including phenoxy) is 1. The lowest BCUT2D eigenvalue weighted by atomic mass is 10.00. The number of nitrogens with zero attached hydrogens (tertiary/aromatic N) is 2. The molecule has 2 aromatic carbocycles. The highest BCUT2D eigenvalue weighted by Gasteiger charge is 2.33. The van der Waals surface area contributed by atoms with Gasteiger partial charge in [0.25, 0.3) is 0 Å². The molecule has 0 N–H and O–H groups in total. The Morgan fingerprint density at radius 2 is 1.97 bits per heavy atom. The lowest BCUT2D eigenvalue weighted by Crippen LogP contribution is -2.48. The Morgan fingerprint density at radius 3 is 2.71 bits per heavy atom. The molecule has 2 heterocycles. The van der Waals surface area contributed by atoms with E-state index in [-0.39, 0.29) is 24.4 Å². The summed E-state index contributed by atoms with van der Waals surface area (Å²) in [5.41, 5.74) is 3.04. The van der Waals surface area contributed by atoms with Gasteiger partial charge in [-0.2, -0.15) is 0 Å². The van der Waals surface area contributed by atoms with Crippen LogP contribution in [0.2, 0.25) is 5.02 Å². The normalized spacial score (nSPS) is 14.9. The minimum absolute atomic E-state index is 0.0240. The van der Waals surface area contributed by atoms with Gasteiger partial charge >= 0.3 is 0 Å². The maximum Gasteiger partial charge on any atom is 0.242 e. The summed E-state index contributed by atoms with van der Waals surface area (Å²) in [5, 5.41) is 2.77. The molecule has 1 aliphatic rings. The van der Waals surface area contributed by atoms with Gasteiger partial charge in [0.2, 0.25) is 11.8 Å². The second kappa shape index (κ2) is 11.7. The quantitative estimate of drug-likeness (QED) is 0.371. The molecule has 4 rings (SSSR count). The molecule has 1 unspecified atom stereocenters. The van der Waals surface area contributed by atoms with Gasteiger partial charge in [0, 0.05) is 23.0 Å². The monoisotopic (exact) mass is 510 g/mol. The molecule has 5 nitrogen and oxygen atoms in total. The topological polar surface area (TPSA) is 49.9 Å². The van der Waals surface area contributed by atoms with E-state index in [1.54, 1.807) is 16.2 Å². The van der Waals surface area contributed by atoms with E-state index in [2.05, 4.69) is 11.4 Å². The summed E-state index contributed by atoms with van der Waals surface area (Å²) in [6, 6.07) is 17.2. The van der Waals surface area contributed by atoms with E-state index in [1.165, 1.54) is 4.88 Å². The van der Waals surface area contributed by atoms with Gasteiger partial charge in [-0.15, -0.1) is 11.3 Å². The zero-order valence-corrected chi connectivity index (χ0v) is 21.8. The van der Waals surface area contributed by atoms with E-state index < -0.39 is 0 Å². The number of amides is 2. The molecule has 0 aliphatic carbocycles. The first-order valence-corrected chi connectivity index (χ1v) is 13.3. The Bertz CT molecular complexity index is 1160. The minimum Gasteiger partial charge on any atom is -0.491 e. The molecule has 0 spiro atoms. The van der Waals surface area contributed by atoms with Crippen molar-refractivity contribution in [3.05, 3.63) is 86.6 Å². The van der Waals surface area contributed by atoms with Crippen LogP contribution in [0.5, 0.6) is 5.75 Å². The summed E-state index contributed by atoms with van der Waals surface area (Å²) < 4.78 is 6.14. The van der Waals surface area contributed by atoms with Crippen LogP contribution in [0.1, 0.15) is 41.0 Å². The van der Waals surface area contributed by atoms with Gasteiger partial charge in [-0.1, -0.05) is 48.9 Å². The first kappa shape index (κ1) is 25.3. The number of carbonyl (C=O) groups is 2. The van der Waals surface area contributed by atoms with E-state index >= 15 is 0 Å². The van der Waals surface area contributed by atoms with E-state index in [1.807, 2.05) is 67.3 Å². The summed E-state index contributed by atoms with van der Waals surface area (Å²) in [6.45, 7) is 5.57. The zero-order chi connectivity index (χ0) is 24.8. The first-order chi connectivity index (χ1) is 17.0. The molecule has 0 saturated carbocycles. The lowest BCUT2D eigenvalue weighted by molar-refractivity contribution is -0.142. The zero-order valence-electron chi connectivity index (χ0n) is 20.2. The fourth-order valence-corrected chi connectivity index (χ4v) is 5.50. The summed E-state index contributed by atoms with van der Waals surface area (Å²) in [7, 11) is 0. The molecular weight excluding hydrogens is 480 g/mol. The Kier molecular flexibility index (Phi) is 8.47. The second-order valence-electron chi connectivity index (χ2n) is 8.85. The number of hydrogen-bond acceptors (Lipinski definition) is 4. The summed E-state index contributed by atoms with van der Waals surface area (Å²) in [5.74, 6) is 0.661. The number of fused-ring (bicyclic) bond motifs is 1. The number of benzene rings is 2. The van der Waals surface area contributed by atoms with Gasteiger partial charge in [0.05, 0.1) is 19.0 Å². The molecule has 184 valence electrons. The van der Waals surface area contributed by atoms with Crippen molar-refractivity contribution in [1.29, 1.82) is 0 Å². The van der Waals surface area contributed by atoms with Gasteiger partial charge in [-0.3, -0.25) is 9.59 Å². The number of thiophene rings is 1. The lowest BCUT2D eigenvalue weighted by Gasteiger charge is -2.37. The third kappa shape index (κ3) is 6.24. The van der Waals surface area contributed by atoms with Crippen molar-refractivity contribution in [2.45, 2.75) is 39.2 Å². The van der Waals surface area contributed by atoms with E-state index in [9.17, 15) is 9.59 Å². The smallest absolute Gasteiger partial charge is 0.242 e. The SMILES string of the molecule is CCCN(CC(=O)N1CCc2sccc2C1COc1ccc(Cl)c(C)c1)C(=O)Cc1ccccc1. The Balaban J connectivity index is 1.48.